The summed E-state index contributed by atoms with van der Waals surface area (Å²) in [6, 6.07) is 17.7. The van der Waals surface area contributed by atoms with E-state index >= 15 is 0 Å². The molecule has 0 aliphatic carbocycles. The number of carbonyl (C=O) groups excluding carboxylic acids is 2. The quantitative estimate of drug-likeness (QED) is 0.419. The maximum Gasteiger partial charge on any atom is 0.295 e. The van der Waals surface area contributed by atoms with Gasteiger partial charge < -0.3 is 24.2 Å². The minimum atomic E-state index is -0.429. The van der Waals surface area contributed by atoms with Crippen LogP contribution in [0.15, 0.2) is 75.6 Å². The highest BCUT2D eigenvalue weighted by molar-refractivity contribution is 6.09. The Morgan fingerprint density at radius 1 is 0.935 bits per heavy atom. The van der Waals surface area contributed by atoms with Crippen LogP contribution in [0.3, 0.4) is 0 Å². The first kappa shape index (κ1) is 20.0. The van der Waals surface area contributed by atoms with E-state index in [-0.39, 0.29) is 11.7 Å². The molecule has 2 amide bonds. The van der Waals surface area contributed by atoms with Gasteiger partial charge in [-0.25, -0.2) is 0 Å². The second-order valence-electron chi connectivity index (χ2n) is 6.77. The lowest BCUT2D eigenvalue weighted by molar-refractivity contribution is -0.111. The number of ether oxygens (including phenoxy) is 1. The Bertz CT molecular complexity index is 1270. The third-order valence-corrected chi connectivity index (χ3v) is 4.51. The Morgan fingerprint density at radius 2 is 1.74 bits per heavy atom. The summed E-state index contributed by atoms with van der Waals surface area (Å²) in [5.41, 5.74) is 1.64. The molecule has 0 atom stereocenters. The highest BCUT2D eigenvalue weighted by Gasteiger charge is 2.22. The van der Waals surface area contributed by atoms with Crippen LogP contribution in [0.4, 0.5) is 11.4 Å². The first-order valence-electron chi connectivity index (χ1n) is 9.56. The Morgan fingerprint density at radius 3 is 2.45 bits per heavy atom. The van der Waals surface area contributed by atoms with Crippen molar-refractivity contribution in [1.29, 1.82) is 0 Å². The average Bonchev–Trinajstić information content (AvgIpc) is 3.35. The maximum absolute atomic E-state index is 12.7. The monoisotopic (exact) mass is 416 g/mol. The molecule has 2 N–H and O–H groups in total. The van der Waals surface area contributed by atoms with Gasteiger partial charge in [-0.1, -0.05) is 18.2 Å². The van der Waals surface area contributed by atoms with Gasteiger partial charge in [-0.3, -0.25) is 9.59 Å². The normalized spacial score (nSPS) is 11.0. The van der Waals surface area contributed by atoms with Gasteiger partial charge in [-0.15, -0.1) is 0 Å². The van der Waals surface area contributed by atoms with Gasteiger partial charge in [0.15, 0.2) is 5.75 Å². The van der Waals surface area contributed by atoms with Crippen LogP contribution in [0, 0.1) is 6.92 Å². The summed E-state index contributed by atoms with van der Waals surface area (Å²) in [6.45, 7) is 1.83. The molecule has 0 spiro atoms. The van der Waals surface area contributed by atoms with E-state index in [1.165, 1.54) is 13.2 Å². The Balaban J connectivity index is 1.55. The van der Waals surface area contributed by atoms with Gasteiger partial charge in [0.25, 0.3) is 5.91 Å². The molecule has 0 saturated carbocycles. The zero-order chi connectivity index (χ0) is 21.8. The molecule has 0 saturated heterocycles. The molecule has 31 heavy (non-hydrogen) atoms. The highest BCUT2D eigenvalue weighted by Crippen LogP contribution is 2.35. The van der Waals surface area contributed by atoms with E-state index in [9.17, 15) is 9.59 Å². The Hall–Kier alpha value is -4.26. The summed E-state index contributed by atoms with van der Waals surface area (Å²) >= 11 is 0. The number of amides is 2. The predicted octanol–water partition coefficient (Wildman–Crippen LogP) is 5.25. The predicted molar refractivity (Wildman–Crippen MR) is 118 cm³/mol. The molecule has 156 valence electrons. The summed E-state index contributed by atoms with van der Waals surface area (Å²) in [5.74, 6) is 0.955. The molecule has 0 aliphatic rings. The fourth-order valence-corrected chi connectivity index (χ4v) is 3.10. The smallest absolute Gasteiger partial charge is 0.295 e. The van der Waals surface area contributed by atoms with Gasteiger partial charge in [-0.2, -0.15) is 0 Å². The summed E-state index contributed by atoms with van der Waals surface area (Å²) < 4.78 is 16.6. The maximum atomic E-state index is 12.7. The largest absolute Gasteiger partial charge is 0.492 e. The van der Waals surface area contributed by atoms with Crippen LogP contribution in [0.1, 0.15) is 22.1 Å². The molecular weight excluding hydrogens is 396 g/mol. The Kier molecular flexibility index (Phi) is 5.57. The molecule has 7 heteroatoms. The Labute approximate surface area is 178 Å². The van der Waals surface area contributed by atoms with Crippen molar-refractivity contribution >= 4 is 40.2 Å². The fraction of sp³-hybridized carbons (Fsp3) is 0.0833. The fourth-order valence-electron chi connectivity index (χ4n) is 3.10. The van der Waals surface area contributed by atoms with Crippen LogP contribution in [-0.2, 0) is 4.79 Å². The minimum Gasteiger partial charge on any atom is -0.492 e. The van der Waals surface area contributed by atoms with E-state index in [1.54, 1.807) is 42.5 Å². The first-order chi connectivity index (χ1) is 15.0. The van der Waals surface area contributed by atoms with Gasteiger partial charge in [-0.05, 0) is 55.5 Å². The lowest BCUT2D eigenvalue weighted by atomic mass is 10.2. The molecule has 0 unspecified atom stereocenters. The number of benzene rings is 2. The van der Waals surface area contributed by atoms with E-state index < -0.39 is 5.91 Å². The van der Waals surface area contributed by atoms with Crippen LogP contribution >= 0.6 is 0 Å². The van der Waals surface area contributed by atoms with Crippen molar-refractivity contribution < 1.29 is 23.2 Å². The number of para-hydroxylation sites is 1. The van der Waals surface area contributed by atoms with Crippen molar-refractivity contribution in [2.75, 3.05) is 17.7 Å². The van der Waals surface area contributed by atoms with Crippen molar-refractivity contribution in [2.24, 2.45) is 0 Å². The zero-order valence-electron chi connectivity index (χ0n) is 17.0. The lowest BCUT2D eigenvalue weighted by Gasteiger charge is -2.04. The summed E-state index contributed by atoms with van der Waals surface area (Å²) in [7, 11) is 1.46. The number of furan rings is 2. The van der Waals surface area contributed by atoms with Crippen molar-refractivity contribution in [1.82, 2.24) is 0 Å². The van der Waals surface area contributed by atoms with Crippen molar-refractivity contribution in [3.8, 4) is 5.75 Å². The summed E-state index contributed by atoms with van der Waals surface area (Å²) in [4.78, 5) is 24.9. The number of nitrogens with one attached hydrogen (secondary N) is 2. The third kappa shape index (κ3) is 4.51. The molecule has 2 heterocycles. The van der Waals surface area contributed by atoms with Gasteiger partial charge in [0.05, 0.1) is 12.5 Å². The number of carbonyl (C=O) groups is 2. The molecule has 4 aromatic rings. The van der Waals surface area contributed by atoms with Crippen LogP contribution in [0.2, 0.25) is 0 Å². The number of fused-ring (bicyclic) bond motifs is 1. The second-order valence-corrected chi connectivity index (χ2v) is 6.77. The van der Waals surface area contributed by atoms with Crippen LogP contribution in [-0.4, -0.2) is 18.9 Å². The van der Waals surface area contributed by atoms with Crippen LogP contribution in [0.25, 0.3) is 17.0 Å². The molecule has 2 aromatic heterocycles. The number of hydrogen-bond acceptors (Lipinski definition) is 5. The molecule has 0 fully saturated rings. The van der Waals surface area contributed by atoms with Crippen molar-refractivity contribution in [2.45, 2.75) is 6.92 Å². The van der Waals surface area contributed by atoms with Gasteiger partial charge >= 0.3 is 0 Å². The highest BCUT2D eigenvalue weighted by atomic mass is 16.5. The molecule has 0 bridgehead atoms. The average molecular weight is 416 g/mol. The van der Waals surface area contributed by atoms with E-state index in [0.717, 1.165) is 5.76 Å². The van der Waals surface area contributed by atoms with E-state index in [4.69, 9.17) is 13.6 Å². The van der Waals surface area contributed by atoms with Gasteiger partial charge in [0.2, 0.25) is 11.7 Å². The third-order valence-electron chi connectivity index (χ3n) is 4.51. The molecule has 0 radical (unpaired) electrons. The number of aryl methyl sites for hydroxylation is 1. The zero-order valence-corrected chi connectivity index (χ0v) is 17.0. The van der Waals surface area contributed by atoms with Crippen molar-refractivity contribution in [3.63, 3.8) is 0 Å². The topological polar surface area (TPSA) is 93.7 Å². The van der Waals surface area contributed by atoms with Crippen LogP contribution in [0.5, 0.6) is 5.75 Å². The molecular formula is C24H20N2O5. The summed E-state index contributed by atoms with van der Waals surface area (Å²) in [5, 5.41) is 6.12. The molecule has 0 aliphatic heterocycles. The lowest BCUT2D eigenvalue weighted by Crippen LogP contribution is -2.11. The van der Waals surface area contributed by atoms with E-state index in [0.29, 0.717) is 33.9 Å². The minimum absolute atomic E-state index is 0.0536. The van der Waals surface area contributed by atoms with Crippen LogP contribution < -0.4 is 15.4 Å². The van der Waals surface area contributed by atoms with E-state index in [2.05, 4.69) is 10.6 Å². The summed E-state index contributed by atoms with van der Waals surface area (Å²) in [6.07, 6.45) is 2.97. The van der Waals surface area contributed by atoms with Gasteiger partial charge in [0.1, 0.15) is 17.1 Å². The number of anilines is 2. The standard InChI is InChI=1S/C24H20N2O5/c1-15-8-10-18(30-15)11-13-21(27)25-17-9-12-20-19(14-17)22(29-2)23(31-20)24(28)26-16-6-4-3-5-7-16/h3-14H,1-2H3,(H,25,27)(H,26,28)/b13-11+. The molecule has 4 rings (SSSR count). The first-order valence-corrected chi connectivity index (χ1v) is 9.56. The second kappa shape index (κ2) is 8.62. The number of methoxy groups -OCH3 is 1. The van der Waals surface area contributed by atoms with Gasteiger partial charge in [0, 0.05) is 17.5 Å². The molecule has 2 aromatic carbocycles. The number of rotatable bonds is 6. The van der Waals surface area contributed by atoms with E-state index in [1.807, 2.05) is 31.2 Å². The number of hydrogen-bond donors (Lipinski definition) is 2. The SMILES string of the molecule is COc1c(C(=O)Nc2ccccc2)oc2ccc(NC(=O)/C=C/c3ccc(C)o3)cc12. The van der Waals surface area contributed by atoms with Crippen molar-refractivity contribution in [3.05, 3.63) is 84.0 Å². The molecule has 7 nitrogen and oxygen atoms in total.